The number of fused-ring (bicyclic) bond motifs is 1. The molecule has 2 aromatic heterocycles. The van der Waals surface area contributed by atoms with Gasteiger partial charge < -0.3 is 0 Å². The second-order valence-electron chi connectivity index (χ2n) is 6.49. The van der Waals surface area contributed by atoms with Crippen LogP contribution in [-0.2, 0) is 6.54 Å². The summed E-state index contributed by atoms with van der Waals surface area (Å²) in [6.45, 7) is 5.22. The van der Waals surface area contributed by atoms with E-state index in [2.05, 4.69) is 66.2 Å². The third-order valence-electron chi connectivity index (χ3n) is 4.65. The zero-order valence-electron chi connectivity index (χ0n) is 13.7. The summed E-state index contributed by atoms with van der Waals surface area (Å²) in [5.41, 5.74) is 3.60. The average molecular weight is 386 g/mol. The molecule has 0 bridgehead atoms. The zero-order valence-corrected chi connectivity index (χ0v) is 15.3. The first-order chi connectivity index (χ1) is 11.7. The number of piperidine rings is 1. The zero-order chi connectivity index (χ0) is 16.5. The maximum atomic E-state index is 4.46. The van der Waals surface area contributed by atoms with E-state index in [-0.39, 0.29) is 0 Å². The van der Waals surface area contributed by atoms with Gasteiger partial charge in [0.2, 0.25) is 0 Å². The van der Waals surface area contributed by atoms with Crippen LogP contribution in [0.1, 0.15) is 35.7 Å². The van der Waals surface area contributed by atoms with Crippen molar-refractivity contribution in [2.45, 2.75) is 32.2 Å². The molecule has 124 valence electrons. The summed E-state index contributed by atoms with van der Waals surface area (Å²) in [5.74, 6) is 1.18. The summed E-state index contributed by atoms with van der Waals surface area (Å²) in [6, 6.07) is 10.8. The van der Waals surface area contributed by atoms with Crippen LogP contribution in [0.3, 0.4) is 0 Å². The van der Waals surface area contributed by atoms with Gasteiger partial charge in [-0.3, -0.25) is 4.90 Å². The Kier molecular flexibility index (Phi) is 4.33. The van der Waals surface area contributed by atoms with Gasteiger partial charge in [-0.05, 0) is 50.1 Å². The molecule has 24 heavy (non-hydrogen) atoms. The van der Waals surface area contributed by atoms with Gasteiger partial charge in [0.1, 0.15) is 6.33 Å². The molecule has 0 saturated carbocycles. The van der Waals surface area contributed by atoms with E-state index in [1.807, 2.05) is 11.4 Å². The van der Waals surface area contributed by atoms with Gasteiger partial charge in [0.05, 0.1) is 5.69 Å². The lowest BCUT2D eigenvalue weighted by atomic mass is 9.93. The molecule has 1 saturated heterocycles. The summed E-state index contributed by atoms with van der Waals surface area (Å²) >= 11 is 3.50. The van der Waals surface area contributed by atoms with Crippen LogP contribution < -0.4 is 0 Å². The number of likely N-dealkylation sites (tertiary alicyclic amines) is 1. The lowest BCUT2D eigenvalue weighted by Crippen LogP contribution is -2.34. The Bertz CT molecular complexity index is 842. The summed E-state index contributed by atoms with van der Waals surface area (Å²) in [5, 5.41) is 4.37. The predicted molar refractivity (Wildman–Crippen MR) is 96.9 cm³/mol. The summed E-state index contributed by atoms with van der Waals surface area (Å²) in [6.07, 6.45) is 3.99. The minimum absolute atomic E-state index is 0.472. The number of hydrogen-bond acceptors (Lipinski definition) is 4. The molecule has 3 heterocycles. The Balaban J connectivity index is 1.55. The molecular formula is C18H20BrN5. The fraction of sp³-hybridized carbons (Fsp3) is 0.389. The Morgan fingerprint density at radius 3 is 2.92 bits per heavy atom. The van der Waals surface area contributed by atoms with Crippen LogP contribution in [0.25, 0.3) is 5.78 Å². The number of rotatable bonds is 3. The third kappa shape index (κ3) is 3.21. The van der Waals surface area contributed by atoms with Gasteiger partial charge in [-0.1, -0.05) is 28.1 Å². The van der Waals surface area contributed by atoms with E-state index in [1.165, 1.54) is 24.1 Å². The Labute approximate surface area is 149 Å². The lowest BCUT2D eigenvalue weighted by Gasteiger charge is -2.33. The average Bonchev–Trinajstić information content (AvgIpc) is 3.05. The number of benzene rings is 1. The second-order valence-corrected chi connectivity index (χ2v) is 7.41. The highest BCUT2D eigenvalue weighted by atomic mass is 79.9. The Morgan fingerprint density at radius 1 is 1.25 bits per heavy atom. The van der Waals surface area contributed by atoms with Crippen LogP contribution in [0.4, 0.5) is 0 Å². The van der Waals surface area contributed by atoms with Gasteiger partial charge in [-0.2, -0.15) is 10.1 Å². The first kappa shape index (κ1) is 15.7. The molecule has 1 aliphatic heterocycles. The molecule has 1 fully saturated rings. The van der Waals surface area contributed by atoms with E-state index in [0.717, 1.165) is 29.8 Å². The standard InChI is InChI=1S/C18H20BrN5/c1-13-9-17(24-18(22-13)20-12-21-24)15-3-2-8-23(11-15)10-14-4-6-16(19)7-5-14/h4-7,9,12,15H,2-3,8,10-11H2,1H3/t15-/m1/s1. The van der Waals surface area contributed by atoms with Crippen molar-refractivity contribution in [3.63, 3.8) is 0 Å². The Hall–Kier alpha value is -1.79. The molecule has 0 aliphatic carbocycles. The molecule has 0 N–H and O–H groups in total. The van der Waals surface area contributed by atoms with Crippen molar-refractivity contribution < 1.29 is 0 Å². The molecular weight excluding hydrogens is 366 g/mol. The number of aromatic nitrogens is 4. The van der Waals surface area contributed by atoms with Crippen LogP contribution in [-0.4, -0.2) is 37.6 Å². The molecule has 5 nitrogen and oxygen atoms in total. The monoisotopic (exact) mass is 385 g/mol. The van der Waals surface area contributed by atoms with E-state index in [9.17, 15) is 0 Å². The molecule has 0 amide bonds. The highest BCUT2D eigenvalue weighted by molar-refractivity contribution is 9.10. The summed E-state index contributed by atoms with van der Waals surface area (Å²) < 4.78 is 3.03. The van der Waals surface area contributed by atoms with Crippen molar-refractivity contribution in [3.05, 3.63) is 58.1 Å². The van der Waals surface area contributed by atoms with Crippen molar-refractivity contribution in [1.29, 1.82) is 0 Å². The number of nitrogens with zero attached hydrogens (tertiary/aromatic N) is 5. The van der Waals surface area contributed by atoms with Crippen LogP contribution in [0.5, 0.6) is 0 Å². The topological polar surface area (TPSA) is 46.3 Å². The smallest absolute Gasteiger partial charge is 0.252 e. The van der Waals surface area contributed by atoms with Crippen molar-refractivity contribution in [3.8, 4) is 0 Å². The third-order valence-corrected chi connectivity index (χ3v) is 5.18. The molecule has 1 atom stereocenters. The number of halogens is 1. The maximum Gasteiger partial charge on any atom is 0.252 e. The van der Waals surface area contributed by atoms with Gasteiger partial charge >= 0.3 is 0 Å². The fourth-order valence-electron chi connectivity index (χ4n) is 3.54. The maximum absolute atomic E-state index is 4.46. The van der Waals surface area contributed by atoms with Gasteiger partial charge in [0, 0.05) is 29.2 Å². The number of hydrogen-bond donors (Lipinski definition) is 0. The highest BCUT2D eigenvalue weighted by Crippen LogP contribution is 2.28. The molecule has 1 aromatic carbocycles. The molecule has 0 spiro atoms. The quantitative estimate of drug-likeness (QED) is 0.691. The van der Waals surface area contributed by atoms with E-state index in [0.29, 0.717) is 11.7 Å². The van der Waals surface area contributed by atoms with E-state index >= 15 is 0 Å². The van der Waals surface area contributed by atoms with Crippen molar-refractivity contribution >= 4 is 21.7 Å². The molecule has 4 rings (SSSR count). The molecule has 6 heteroatoms. The summed E-state index contributed by atoms with van der Waals surface area (Å²) in [7, 11) is 0. The van der Waals surface area contributed by atoms with E-state index < -0.39 is 0 Å². The van der Waals surface area contributed by atoms with Crippen LogP contribution in [0.2, 0.25) is 0 Å². The van der Waals surface area contributed by atoms with Gasteiger partial charge in [-0.25, -0.2) is 9.50 Å². The van der Waals surface area contributed by atoms with Crippen molar-refractivity contribution in [2.24, 2.45) is 0 Å². The lowest BCUT2D eigenvalue weighted by molar-refractivity contribution is 0.197. The number of aryl methyl sites for hydroxylation is 1. The second kappa shape index (κ2) is 6.61. The molecule has 3 aromatic rings. The van der Waals surface area contributed by atoms with Gasteiger partial charge in [0.15, 0.2) is 0 Å². The fourth-order valence-corrected chi connectivity index (χ4v) is 3.80. The normalized spacial score (nSPS) is 19.0. The van der Waals surface area contributed by atoms with Crippen LogP contribution in [0.15, 0.2) is 41.1 Å². The van der Waals surface area contributed by atoms with Crippen molar-refractivity contribution in [2.75, 3.05) is 13.1 Å². The highest BCUT2D eigenvalue weighted by Gasteiger charge is 2.24. The van der Waals surface area contributed by atoms with E-state index in [4.69, 9.17) is 0 Å². The molecule has 0 radical (unpaired) electrons. The molecule has 1 aliphatic rings. The predicted octanol–water partition coefficient (Wildman–Crippen LogP) is 3.57. The minimum Gasteiger partial charge on any atom is -0.298 e. The van der Waals surface area contributed by atoms with Crippen LogP contribution in [0, 0.1) is 6.92 Å². The Morgan fingerprint density at radius 2 is 2.08 bits per heavy atom. The van der Waals surface area contributed by atoms with Crippen LogP contribution >= 0.6 is 15.9 Å². The SMILES string of the molecule is Cc1cc([C@@H]2CCCN(Cc3ccc(Br)cc3)C2)n2ncnc2n1. The van der Waals surface area contributed by atoms with Gasteiger partial charge in [-0.15, -0.1) is 0 Å². The summed E-state index contributed by atoms with van der Waals surface area (Å²) in [4.78, 5) is 11.2. The minimum atomic E-state index is 0.472. The largest absolute Gasteiger partial charge is 0.298 e. The first-order valence-corrected chi connectivity index (χ1v) is 9.12. The van der Waals surface area contributed by atoms with Crippen molar-refractivity contribution in [1.82, 2.24) is 24.5 Å². The molecule has 0 unspecified atom stereocenters. The van der Waals surface area contributed by atoms with Gasteiger partial charge in [0.25, 0.3) is 5.78 Å². The first-order valence-electron chi connectivity index (χ1n) is 8.33. The van der Waals surface area contributed by atoms with E-state index in [1.54, 1.807) is 6.33 Å².